The molecule has 2 heteroatoms. The lowest BCUT2D eigenvalue weighted by atomic mass is 10.1. The van der Waals surface area contributed by atoms with Crippen LogP contribution in [0.15, 0.2) is 30.5 Å². The van der Waals surface area contributed by atoms with E-state index in [2.05, 4.69) is 41.1 Å². The summed E-state index contributed by atoms with van der Waals surface area (Å²) in [5.41, 5.74) is 2.46. The summed E-state index contributed by atoms with van der Waals surface area (Å²) in [7, 11) is 0. The lowest BCUT2D eigenvalue weighted by molar-refractivity contribution is 0.648. The fraction of sp³-hybridized carbons (Fsp3) is 0.462. The molecule has 2 aliphatic rings. The number of aryl methyl sites for hydroxylation is 1. The summed E-state index contributed by atoms with van der Waals surface area (Å²) in [6.07, 6.45) is 10.5. The van der Waals surface area contributed by atoms with Gasteiger partial charge in [-0.25, -0.2) is 0 Å². The second kappa shape index (κ2) is 3.37. The zero-order valence-electron chi connectivity index (χ0n) is 9.06. The van der Waals surface area contributed by atoms with Gasteiger partial charge in [-0.3, -0.25) is 4.98 Å². The molecule has 2 atom stereocenters. The van der Waals surface area contributed by atoms with Gasteiger partial charge in [0.25, 0.3) is 0 Å². The Bertz CT molecular complexity index is 397. The van der Waals surface area contributed by atoms with E-state index in [1.165, 1.54) is 24.9 Å². The standard InChI is InChI=1S/C13H16N2/c1-10-9-13(7-8-14-10)15-11-3-2-4-12(15)6-5-11/h2-3,7-9,11-12H,4-6H2,1H3. The molecule has 2 bridgehead atoms. The van der Waals surface area contributed by atoms with E-state index in [0.29, 0.717) is 6.04 Å². The third kappa shape index (κ3) is 1.44. The van der Waals surface area contributed by atoms with Gasteiger partial charge in [-0.2, -0.15) is 0 Å². The molecule has 0 amide bonds. The number of aromatic nitrogens is 1. The molecule has 1 aromatic heterocycles. The van der Waals surface area contributed by atoms with Crippen LogP contribution >= 0.6 is 0 Å². The van der Waals surface area contributed by atoms with E-state index < -0.39 is 0 Å². The fourth-order valence-electron chi connectivity index (χ4n) is 2.82. The SMILES string of the molecule is Cc1cc(N2C3C=CCC2CC3)ccn1. The first-order valence-corrected chi connectivity index (χ1v) is 5.72. The van der Waals surface area contributed by atoms with E-state index in [4.69, 9.17) is 0 Å². The molecule has 3 rings (SSSR count). The Morgan fingerprint density at radius 3 is 3.13 bits per heavy atom. The average molecular weight is 200 g/mol. The van der Waals surface area contributed by atoms with Crippen molar-refractivity contribution in [3.63, 3.8) is 0 Å². The highest BCUT2D eigenvalue weighted by Crippen LogP contribution is 2.35. The number of nitrogens with zero attached hydrogens (tertiary/aromatic N) is 2. The molecule has 3 heterocycles. The summed E-state index contributed by atoms with van der Waals surface area (Å²) >= 11 is 0. The van der Waals surface area contributed by atoms with Gasteiger partial charge >= 0.3 is 0 Å². The van der Waals surface area contributed by atoms with Crippen LogP contribution in [0.1, 0.15) is 25.0 Å². The first-order valence-electron chi connectivity index (χ1n) is 5.72. The zero-order valence-corrected chi connectivity index (χ0v) is 9.06. The molecule has 0 N–H and O–H groups in total. The van der Waals surface area contributed by atoms with E-state index in [1.807, 2.05) is 6.20 Å². The maximum atomic E-state index is 4.26. The molecule has 2 nitrogen and oxygen atoms in total. The van der Waals surface area contributed by atoms with Crippen LogP contribution in [-0.4, -0.2) is 17.1 Å². The van der Waals surface area contributed by atoms with Crippen LogP contribution in [0.4, 0.5) is 5.69 Å². The number of anilines is 1. The molecule has 1 fully saturated rings. The predicted octanol–water partition coefficient (Wildman–Crippen LogP) is 2.69. The summed E-state index contributed by atoms with van der Waals surface area (Å²) in [4.78, 5) is 6.82. The molecule has 0 radical (unpaired) electrons. The third-order valence-corrected chi connectivity index (χ3v) is 3.49. The quantitative estimate of drug-likeness (QED) is 0.648. The summed E-state index contributed by atoms with van der Waals surface area (Å²) in [5, 5.41) is 0. The average Bonchev–Trinajstić information content (AvgIpc) is 2.49. The highest BCUT2D eigenvalue weighted by molar-refractivity contribution is 5.52. The van der Waals surface area contributed by atoms with Crippen molar-refractivity contribution in [2.24, 2.45) is 0 Å². The molecule has 1 saturated heterocycles. The predicted molar refractivity (Wildman–Crippen MR) is 62.0 cm³/mol. The Kier molecular flexibility index (Phi) is 2.01. The lowest BCUT2D eigenvalue weighted by Gasteiger charge is -2.33. The number of fused-ring (bicyclic) bond motifs is 2. The molecule has 2 unspecified atom stereocenters. The molecular weight excluding hydrogens is 184 g/mol. The summed E-state index contributed by atoms with van der Waals surface area (Å²) in [6.45, 7) is 2.06. The van der Waals surface area contributed by atoms with Gasteiger partial charge in [0.05, 0.1) is 0 Å². The van der Waals surface area contributed by atoms with Crippen LogP contribution in [0.5, 0.6) is 0 Å². The molecule has 0 aliphatic carbocycles. The molecular formula is C13H16N2. The maximum Gasteiger partial charge on any atom is 0.0477 e. The van der Waals surface area contributed by atoms with Crippen LogP contribution in [0, 0.1) is 6.92 Å². The summed E-state index contributed by atoms with van der Waals surface area (Å²) < 4.78 is 0. The number of pyridine rings is 1. The van der Waals surface area contributed by atoms with E-state index in [9.17, 15) is 0 Å². The third-order valence-electron chi connectivity index (χ3n) is 3.49. The highest BCUT2D eigenvalue weighted by atomic mass is 15.2. The molecule has 1 aromatic rings. The molecule has 0 saturated carbocycles. The molecule has 2 aliphatic heterocycles. The lowest BCUT2D eigenvalue weighted by Crippen LogP contribution is -2.37. The molecule has 15 heavy (non-hydrogen) atoms. The minimum atomic E-state index is 0.630. The van der Waals surface area contributed by atoms with Crippen molar-refractivity contribution in [2.45, 2.75) is 38.3 Å². The normalized spacial score (nSPS) is 28.5. The Labute approximate surface area is 90.6 Å². The molecule has 0 spiro atoms. The summed E-state index contributed by atoms with van der Waals surface area (Å²) in [6, 6.07) is 5.69. The Morgan fingerprint density at radius 1 is 1.40 bits per heavy atom. The fourth-order valence-corrected chi connectivity index (χ4v) is 2.82. The van der Waals surface area contributed by atoms with Gasteiger partial charge in [0.2, 0.25) is 0 Å². The van der Waals surface area contributed by atoms with Gasteiger partial charge in [0, 0.05) is 29.7 Å². The van der Waals surface area contributed by atoms with Gasteiger partial charge in [0.15, 0.2) is 0 Å². The minimum absolute atomic E-state index is 0.630. The van der Waals surface area contributed by atoms with Crippen molar-refractivity contribution in [3.8, 4) is 0 Å². The Morgan fingerprint density at radius 2 is 2.33 bits per heavy atom. The first kappa shape index (κ1) is 8.96. The first-order chi connectivity index (χ1) is 7.34. The van der Waals surface area contributed by atoms with Crippen molar-refractivity contribution in [3.05, 3.63) is 36.2 Å². The number of hydrogen-bond donors (Lipinski definition) is 0. The Hall–Kier alpha value is -1.31. The van der Waals surface area contributed by atoms with Gasteiger partial charge in [-0.15, -0.1) is 0 Å². The minimum Gasteiger partial charge on any atom is -0.362 e. The van der Waals surface area contributed by atoms with Crippen molar-refractivity contribution in [1.29, 1.82) is 0 Å². The highest BCUT2D eigenvalue weighted by Gasteiger charge is 2.33. The van der Waals surface area contributed by atoms with Gasteiger partial charge in [-0.1, -0.05) is 12.2 Å². The van der Waals surface area contributed by atoms with E-state index in [1.54, 1.807) is 0 Å². The smallest absolute Gasteiger partial charge is 0.0477 e. The van der Waals surface area contributed by atoms with Crippen molar-refractivity contribution < 1.29 is 0 Å². The van der Waals surface area contributed by atoms with E-state index in [-0.39, 0.29) is 0 Å². The van der Waals surface area contributed by atoms with Crippen molar-refractivity contribution >= 4 is 5.69 Å². The van der Waals surface area contributed by atoms with Crippen molar-refractivity contribution in [1.82, 2.24) is 4.98 Å². The second-order valence-corrected chi connectivity index (χ2v) is 4.53. The number of rotatable bonds is 1. The van der Waals surface area contributed by atoms with Gasteiger partial charge in [-0.05, 0) is 38.3 Å². The Balaban J connectivity index is 1.98. The van der Waals surface area contributed by atoms with Gasteiger partial charge in [0.1, 0.15) is 0 Å². The largest absolute Gasteiger partial charge is 0.362 e. The maximum absolute atomic E-state index is 4.26. The molecule has 0 aromatic carbocycles. The van der Waals surface area contributed by atoms with E-state index >= 15 is 0 Å². The van der Waals surface area contributed by atoms with Crippen molar-refractivity contribution in [2.75, 3.05) is 4.90 Å². The molecule has 78 valence electrons. The van der Waals surface area contributed by atoms with Crippen LogP contribution in [-0.2, 0) is 0 Å². The van der Waals surface area contributed by atoms with Crippen LogP contribution in [0.3, 0.4) is 0 Å². The van der Waals surface area contributed by atoms with Crippen LogP contribution in [0.2, 0.25) is 0 Å². The topological polar surface area (TPSA) is 16.1 Å². The number of hydrogen-bond acceptors (Lipinski definition) is 2. The van der Waals surface area contributed by atoms with Crippen LogP contribution < -0.4 is 4.90 Å². The monoisotopic (exact) mass is 200 g/mol. The van der Waals surface area contributed by atoms with Gasteiger partial charge < -0.3 is 4.90 Å². The van der Waals surface area contributed by atoms with Crippen LogP contribution in [0.25, 0.3) is 0 Å². The van der Waals surface area contributed by atoms with E-state index in [0.717, 1.165) is 11.7 Å². The summed E-state index contributed by atoms with van der Waals surface area (Å²) in [5.74, 6) is 0. The second-order valence-electron chi connectivity index (χ2n) is 4.53. The zero-order chi connectivity index (χ0) is 10.3.